The smallest absolute Gasteiger partial charge is 0.328 e. The van der Waals surface area contributed by atoms with Crippen LogP contribution in [0.5, 0.6) is 0 Å². The molecule has 0 spiro atoms. The summed E-state index contributed by atoms with van der Waals surface area (Å²) < 4.78 is 17.1. The summed E-state index contributed by atoms with van der Waals surface area (Å²) >= 11 is 4.61. The molecular weight excluding hydrogens is 1000 g/mol. The second-order valence-electron chi connectivity index (χ2n) is 20.3. The predicted molar refractivity (Wildman–Crippen MR) is 318 cm³/mol. The Morgan fingerprint density at radius 3 is 0.747 bits per heavy atom. The third-order valence-corrected chi connectivity index (χ3v) is 15.5. The molecule has 0 aliphatic heterocycles. The fourth-order valence-corrected chi connectivity index (χ4v) is 10.2. The van der Waals surface area contributed by atoms with Crippen LogP contribution in [0.25, 0.3) is 0 Å². The van der Waals surface area contributed by atoms with Gasteiger partial charge in [0.05, 0.1) is 19.8 Å². The van der Waals surface area contributed by atoms with E-state index < -0.39 is 53.8 Å². The summed E-state index contributed by atoms with van der Waals surface area (Å²) in [5.41, 5.74) is -0.131. The highest BCUT2D eigenvalue weighted by Gasteiger charge is 2.28. The van der Waals surface area contributed by atoms with E-state index >= 15 is 0 Å². The van der Waals surface area contributed by atoms with Gasteiger partial charge in [0, 0.05) is 16.7 Å². The molecule has 1 rings (SSSR count). The zero-order valence-corrected chi connectivity index (χ0v) is 50.4. The number of nitrogens with one attached hydrogen (secondary N) is 3. The van der Waals surface area contributed by atoms with Gasteiger partial charge in [-0.25, -0.2) is 14.4 Å². The minimum atomic E-state index is -0.967. The third kappa shape index (κ3) is 36.8. The summed E-state index contributed by atoms with van der Waals surface area (Å²) in [6.45, 7) is 7.42. The number of ether oxygens (including phenoxy) is 3. The molecule has 3 atom stereocenters. The Morgan fingerprint density at radius 2 is 0.547 bits per heavy atom. The van der Waals surface area contributed by atoms with Gasteiger partial charge >= 0.3 is 17.9 Å². The molecule has 3 amide bonds. The Balaban J connectivity index is 3.25. The molecule has 1 aromatic rings. The van der Waals surface area contributed by atoms with Crippen molar-refractivity contribution in [3.05, 3.63) is 34.9 Å². The number of carbonyl (C=O) groups is 6. The zero-order valence-electron chi connectivity index (χ0n) is 47.9. The molecule has 0 aliphatic rings. The molecule has 0 saturated heterocycles. The van der Waals surface area contributed by atoms with Crippen molar-refractivity contribution >= 4 is 70.9 Å². The number of hydrogen-bond donors (Lipinski definition) is 3. The van der Waals surface area contributed by atoms with Crippen LogP contribution in [0.3, 0.4) is 0 Å². The third-order valence-electron chi connectivity index (χ3n) is 13.5. The molecule has 75 heavy (non-hydrogen) atoms. The molecule has 432 valence electrons. The monoisotopic (exact) mass is 1110 g/mol. The Hall–Kier alpha value is -2.91. The molecule has 0 heterocycles. The molecule has 15 heteroatoms. The first-order valence-electron chi connectivity index (χ1n) is 29.6. The second kappa shape index (κ2) is 49.4. The summed E-state index contributed by atoms with van der Waals surface area (Å²) in [4.78, 5) is 83.1. The minimum absolute atomic E-state index is 0.0437. The quantitative estimate of drug-likeness (QED) is 0.0322. The Morgan fingerprint density at radius 1 is 0.347 bits per heavy atom. The van der Waals surface area contributed by atoms with Crippen molar-refractivity contribution in [3.63, 3.8) is 0 Å². The van der Waals surface area contributed by atoms with Gasteiger partial charge in [0.1, 0.15) is 18.1 Å². The molecule has 0 unspecified atom stereocenters. The molecule has 3 N–H and O–H groups in total. The standard InChI is InChI=1S/C60H105N3O9S3/c1-7-10-13-16-19-22-25-28-31-34-40-70-58(67)52(37-43-73-4)61-55(64)49-46-50(56(65)62-53(38-44-74-5)59(68)71-41-35-32-29-26-23-20-17-14-11-8-2)48-51(47-49)57(66)63-54(39-45-75-6)60(69)72-42-36-33-30-27-24-21-18-15-12-9-3/h46-48,52-54H,7-45H2,1-6H3,(H,61,64)(H,62,65)(H,63,66)/t52-,53-,54-/m1/s1. The van der Waals surface area contributed by atoms with Crippen LogP contribution in [0.2, 0.25) is 0 Å². The van der Waals surface area contributed by atoms with Crippen LogP contribution in [0.4, 0.5) is 0 Å². The lowest BCUT2D eigenvalue weighted by Gasteiger charge is -2.20. The Bertz CT molecular complexity index is 1460. The van der Waals surface area contributed by atoms with Crippen LogP contribution in [0, 0.1) is 0 Å². The van der Waals surface area contributed by atoms with Crippen LogP contribution in [-0.4, -0.2) is 110 Å². The van der Waals surface area contributed by atoms with Crippen LogP contribution < -0.4 is 16.0 Å². The van der Waals surface area contributed by atoms with Gasteiger partial charge in [0.25, 0.3) is 17.7 Å². The highest BCUT2D eigenvalue weighted by atomic mass is 32.2. The number of esters is 3. The maximum atomic E-state index is 14.2. The zero-order chi connectivity index (χ0) is 55.0. The van der Waals surface area contributed by atoms with Gasteiger partial charge < -0.3 is 30.2 Å². The first-order valence-corrected chi connectivity index (χ1v) is 33.8. The van der Waals surface area contributed by atoms with Gasteiger partial charge in [0.15, 0.2) is 0 Å². The first kappa shape index (κ1) is 70.1. The summed E-state index contributed by atoms with van der Waals surface area (Å²) in [7, 11) is 0. The molecule has 0 bridgehead atoms. The highest BCUT2D eigenvalue weighted by molar-refractivity contribution is 7.98. The summed E-state index contributed by atoms with van der Waals surface area (Å²) in [6, 6.07) is 1.17. The molecule has 1 aromatic carbocycles. The lowest BCUT2D eigenvalue weighted by atomic mass is 10.0. The van der Waals surface area contributed by atoms with Gasteiger partial charge in [-0.05, 0) is 92.7 Å². The summed E-state index contributed by atoms with van der Waals surface area (Å²) in [5.74, 6) is -1.92. The highest BCUT2D eigenvalue weighted by Crippen LogP contribution is 2.18. The normalized spacial score (nSPS) is 12.4. The molecule has 0 aliphatic carbocycles. The number of benzene rings is 1. The average Bonchev–Trinajstić information content (AvgIpc) is 3.41. The molecule has 0 aromatic heterocycles. The fraction of sp³-hybridized carbons (Fsp3) is 0.800. The number of carbonyl (C=O) groups excluding carboxylic acids is 6. The van der Waals surface area contributed by atoms with Crippen molar-refractivity contribution in [1.82, 2.24) is 16.0 Å². The summed E-state index contributed by atoms with van der Waals surface area (Å²) in [6.07, 6.45) is 41.2. The topological polar surface area (TPSA) is 166 Å². The molecule has 12 nitrogen and oxygen atoms in total. The lowest BCUT2D eigenvalue weighted by Crippen LogP contribution is -2.44. The van der Waals surface area contributed by atoms with Gasteiger partial charge in [0.2, 0.25) is 0 Å². The molecule has 0 fully saturated rings. The van der Waals surface area contributed by atoms with Gasteiger partial charge in [-0.3, -0.25) is 14.4 Å². The van der Waals surface area contributed by atoms with Gasteiger partial charge in [-0.15, -0.1) is 0 Å². The number of unbranched alkanes of at least 4 members (excludes halogenated alkanes) is 27. The molecular formula is C60H105N3O9S3. The van der Waals surface area contributed by atoms with E-state index in [1.54, 1.807) is 0 Å². The minimum Gasteiger partial charge on any atom is -0.464 e. The fourth-order valence-electron chi connectivity index (χ4n) is 8.79. The van der Waals surface area contributed by atoms with Crippen LogP contribution in [0.1, 0.15) is 264 Å². The average molecular weight is 1110 g/mol. The number of thioether (sulfide) groups is 3. The van der Waals surface area contributed by atoms with E-state index in [-0.39, 0.29) is 36.5 Å². The largest absolute Gasteiger partial charge is 0.464 e. The van der Waals surface area contributed by atoms with Crippen molar-refractivity contribution in [1.29, 1.82) is 0 Å². The molecule has 0 radical (unpaired) electrons. The van der Waals surface area contributed by atoms with Crippen molar-refractivity contribution in [2.45, 2.75) is 251 Å². The number of rotatable bonds is 51. The van der Waals surface area contributed by atoms with E-state index in [1.807, 2.05) is 18.8 Å². The van der Waals surface area contributed by atoms with Gasteiger partial charge in [-0.1, -0.05) is 194 Å². The summed E-state index contributed by atoms with van der Waals surface area (Å²) in [5, 5.41) is 8.49. The van der Waals surface area contributed by atoms with E-state index in [4.69, 9.17) is 14.2 Å². The Labute approximate surface area is 468 Å². The van der Waals surface area contributed by atoms with Crippen molar-refractivity contribution in [2.24, 2.45) is 0 Å². The van der Waals surface area contributed by atoms with Crippen molar-refractivity contribution in [3.8, 4) is 0 Å². The second-order valence-corrected chi connectivity index (χ2v) is 23.2. The number of hydrogen-bond acceptors (Lipinski definition) is 12. The Kier molecular flexibility index (Phi) is 46.2. The maximum Gasteiger partial charge on any atom is 0.328 e. The van der Waals surface area contributed by atoms with Crippen molar-refractivity contribution in [2.75, 3.05) is 55.8 Å². The van der Waals surface area contributed by atoms with E-state index in [1.165, 1.54) is 169 Å². The number of amides is 3. The van der Waals surface area contributed by atoms with Gasteiger partial charge in [-0.2, -0.15) is 35.3 Å². The van der Waals surface area contributed by atoms with Crippen LogP contribution >= 0.6 is 35.3 Å². The van der Waals surface area contributed by atoms with E-state index in [0.29, 0.717) is 36.5 Å². The van der Waals surface area contributed by atoms with Crippen LogP contribution in [0.15, 0.2) is 18.2 Å². The van der Waals surface area contributed by atoms with Crippen molar-refractivity contribution < 1.29 is 43.0 Å². The van der Waals surface area contributed by atoms with Crippen LogP contribution in [-0.2, 0) is 28.6 Å². The molecule has 0 saturated carbocycles. The van der Waals surface area contributed by atoms with E-state index in [2.05, 4.69) is 36.7 Å². The maximum absolute atomic E-state index is 14.2. The lowest BCUT2D eigenvalue weighted by molar-refractivity contribution is -0.147. The SMILES string of the molecule is CCCCCCCCCCCCOC(=O)[C@@H](CCSC)NC(=O)c1cc(C(=O)N[C@H](CCSC)C(=O)OCCCCCCCCCCCC)cc(C(=O)N[C@H](CCSC)C(=O)OCCCCCCCCCCCC)c1. The first-order chi connectivity index (χ1) is 36.6. The van der Waals surface area contributed by atoms with E-state index in [0.717, 1.165) is 77.0 Å². The predicted octanol–water partition coefficient (Wildman–Crippen LogP) is 14.6. The van der Waals surface area contributed by atoms with E-state index in [9.17, 15) is 28.8 Å².